The van der Waals surface area contributed by atoms with Crippen molar-refractivity contribution in [3.8, 4) is 0 Å². The maximum Gasteiger partial charge on any atom is 0.318 e. The molecule has 1 aromatic heterocycles. The Hall–Kier alpha value is -1.38. The molecule has 0 radical (unpaired) electrons. The summed E-state index contributed by atoms with van der Waals surface area (Å²) in [5.74, 6) is 0.277. The van der Waals surface area contributed by atoms with Crippen LogP contribution in [-0.4, -0.2) is 17.6 Å². The lowest BCUT2D eigenvalue weighted by atomic mass is 9.66. The highest BCUT2D eigenvalue weighted by Gasteiger charge is 2.55. The van der Waals surface area contributed by atoms with Crippen LogP contribution in [0.5, 0.6) is 0 Å². The maximum atomic E-state index is 12.1. The number of hydrogen-bond donors (Lipinski definition) is 0. The van der Waals surface area contributed by atoms with Crippen molar-refractivity contribution < 1.29 is 9.53 Å². The minimum Gasteiger partial charge on any atom is -0.465 e. The van der Waals surface area contributed by atoms with Gasteiger partial charge in [0.25, 0.3) is 0 Å². The molecule has 1 saturated heterocycles. The van der Waals surface area contributed by atoms with Gasteiger partial charge in [0, 0.05) is 12.1 Å². The van der Waals surface area contributed by atoms with Gasteiger partial charge in [-0.05, 0) is 25.0 Å². The van der Waals surface area contributed by atoms with Crippen molar-refractivity contribution in [1.82, 2.24) is 4.98 Å². The highest BCUT2D eigenvalue weighted by Crippen LogP contribution is 2.47. The predicted molar refractivity (Wildman–Crippen MR) is 58.8 cm³/mol. The smallest absolute Gasteiger partial charge is 0.318 e. The van der Waals surface area contributed by atoms with Crippen LogP contribution in [0.1, 0.15) is 31.4 Å². The maximum absolute atomic E-state index is 12.1. The summed E-state index contributed by atoms with van der Waals surface area (Å²) in [5, 5.41) is 0. The zero-order valence-corrected chi connectivity index (χ0v) is 9.19. The van der Waals surface area contributed by atoms with Crippen molar-refractivity contribution in [2.75, 3.05) is 6.61 Å². The molecule has 0 spiro atoms. The van der Waals surface area contributed by atoms with Crippen LogP contribution in [0.3, 0.4) is 0 Å². The summed E-state index contributed by atoms with van der Waals surface area (Å²) in [7, 11) is 0. The van der Waals surface area contributed by atoms with Gasteiger partial charge in [0.2, 0.25) is 0 Å². The molecule has 2 aliphatic rings. The first-order chi connectivity index (χ1) is 7.84. The molecule has 0 aromatic carbocycles. The first-order valence-corrected chi connectivity index (χ1v) is 5.93. The minimum absolute atomic E-state index is 0.0594. The van der Waals surface area contributed by atoms with E-state index in [1.165, 1.54) is 6.42 Å². The van der Waals surface area contributed by atoms with Crippen molar-refractivity contribution in [3.63, 3.8) is 0 Å². The van der Waals surface area contributed by atoms with Crippen molar-refractivity contribution in [3.05, 3.63) is 30.1 Å². The molecule has 0 bridgehead atoms. The SMILES string of the molecule is O=C1OC[C@@H]2CCCC[C@]12c1ccccn1. The lowest BCUT2D eigenvalue weighted by Crippen LogP contribution is -2.41. The molecule has 1 aliphatic carbocycles. The summed E-state index contributed by atoms with van der Waals surface area (Å²) in [4.78, 5) is 16.5. The molecule has 16 heavy (non-hydrogen) atoms. The molecule has 0 N–H and O–H groups in total. The Balaban J connectivity index is 2.09. The summed E-state index contributed by atoms with van der Waals surface area (Å²) >= 11 is 0. The van der Waals surface area contributed by atoms with Crippen LogP contribution in [0.25, 0.3) is 0 Å². The number of ether oxygens (including phenoxy) is 1. The molecule has 3 nitrogen and oxygen atoms in total. The van der Waals surface area contributed by atoms with Gasteiger partial charge in [-0.1, -0.05) is 18.9 Å². The van der Waals surface area contributed by atoms with Gasteiger partial charge < -0.3 is 4.74 Å². The van der Waals surface area contributed by atoms with Gasteiger partial charge in [0.05, 0.1) is 12.3 Å². The van der Waals surface area contributed by atoms with E-state index in [0.717, 1.165) is 25.0 Å². The van der Waals surface area contributed by atoms with Crippen molar-refractivity contribution in [1.29, 1.82) is 0 Å². The quantitative estimate of drug-likeness (QED) is 0.676. The fourth-order valence-electron chi connectivity index (χ4n) is 3.11. The number of cyclic esters (lactones) is 1. The predicted octanol–water partition coefficient (Wildman–Crippen LogP) is 2.07. The van der Waals surface area contributed by atoms with Crippen molar-refractivity contribution in [2.45, 2.75) is 31.1 Å². The molecular formula is C13H15NO2. The third kappa shape index (κ3) is 1.20. The minimum atomic E-state index is -0.431. The topological polar surface area (TPSA) is 39.2 Å². The summed E-state index contributed by atoms with van der Waals surface area (Å²) < 4.78 is 5.28. The van der Waals surface area contributed by atoms with E-state index in [2.05, 4.69) is 4.98 Å². The number of pyridine rings is 1. The van der Waals surface area contributed by atoms with Crippen LogP contribution >= 0.6 is 0 Å². The fraction of sp³-hybridized carbons (Fsp3) is 0.538. The largest absolute Gasteiger partial charge is 0.465 e. The third-order valence-corrected chi connectivity index (χ3v) is 3.97. The molecule has 84 valence electrons. The number of carbonyl (C=O) groups excluding carboxylic acids is 1. The van der Waals surface area contributed by atoms with Crippen LogP contribution in [0.4, 0.5) is 0 Å². The number of hydrogen-bond acceptors (Lipinski definition) is 3. The van der Waals surface area contributed by atoms with E-state index >= 15 is 0 Å². The molecule has 0 amide bonds. The monoisotopic (exact) mass is 217 g/mol. The molecular weight excluding hydrogens is 202 g/mol. The molecule has 2 atom stereocenters. The second-order valence-corrected chi connectivity index (χ2v) is 4.73. The summed E-state index contributed by atoms with van der Waals surface area (Å²) in [5.41, 5.74) is 0.474. The number of nitrogens with zero attached hydrogens (tertiary/aromatic N) is 1. The van der Waals surface area contributed by atoms with Crippen LogP contribution in [0, 0.1) is 5.92 Å². The van der Waals surface area contributed by atoms with E-state index < -0.39 is 5.41 Å². The summed E-state index contributed by atoms with van der Waals surface area (Å²) in [6, 6.07) is 5.80. The van der Waals surface area contributed by atoms with Crippen LogP contribution < -0.4 is 0 Å². The normalized spacial score (nSPS) is 33.2. The Morgan fingerprint density at radius 1 is 1.38 bits per heavy atom. The van der Waals surface area contributed by atoms with Gasteiger partial charge in [0.1, 0.15) is 5.41 Å². The second kappa shape index (κ2) is 3.58. The number of aromatic nitrogens is 1. The molecule has 1 aliphatic heterocycles. The van der Waals surface area contributed by atoms with Crippen LogP contribution in [0.15, 0.2) is 24.4 Å². The van der Waals surface area contributed by atoms with Gasteiger partial charge in [0.15, 0.2) is 0 Å². The highest BCUT2D eigenvalue weighted by atomic mass is 16.5. The Kier molecular flexibility index (Phi) is 2.20. The number of esters is 1. The first kappa shape index (κ1) is 9.82. The van der Waals surface area contributed by atoms with Gasteiger partial charge in [-0.2, -0.15) is 0 Å². The van der Waals surface area contributed by atoms with Gasteiger partial charge in [-0.15, -0.1) is 0 Å². The highest BCUT2D eigenvalue weighted by molar-refractivity contribution is 5.85. The average molecular weight is 217 g/mol. The number of fused-ring (bicyclic) bond motifs is 1. The summed E-state index contributed by atoms with van der Waals surface area (Å²) in [6.07, 6.45) is 6.05. The summed E-state index contributed by atoms with van der Waals surface area (Å²) in [6.45, 7) is 0.579. The number of rotatable bonds is 1. The Bertz CT molecular complexity index is 404. The molecule has 3 heteroatoms. The van der Waals surface area contributed by atoms with E-state index in [9.17, 15) is 4.79 Å². The second-order valence-electron chi connectivity index (χ2n) is 4.73. The Labute approximate surface area is 94.8 Å². The fourth-order valence-corrected chi connectivity index (χ4v) is 3.11. The van der Waals surface area contributed by atoms with Crippen LogP contribution in [0.2, 0.25) is 0 Å². The standard InChI is InChI=1S/C13H15NO2/c15-12-13(11-6-2-4-8-14-11)7-3-1-5-10(13)9-16-12/h2,4,6,8,10H,1,3,5,7,9H2/t10-,13-/m0/s1. The van der Waals surface area contributed by atoms with E-state index in [4.69, 9.17) is 4.74 Å². The molecule has 2 fully saturated rings. The van der Waals surface area contributed by atoms with E-state index in [1.54, 1.807) is 6.20 Å². The third-order valence-electron chi connectivity index (χ3n) is 3.97. The van der Waals surface area contributed by atoms with Gasteiger partial charge >= 0.3 is 5.97 Å². The van der Waals surface area contributed by atoms with E-state index in [-0.39, 0.29) is 5.97 Å². The number of carbonyl (C=O) groups is 1. The average Bonchev–Trinajstić information content (AvgIpc) is 2.70. The van der Waals surface area contributed by atoms with Crippen molar-refractivity contribution in [2.24, 2.45) is 5.92 Å². The Morgan fingerprint density at radius 2 is 2.31 bits per heavy atom. The Morgan fingerprint density at radius 3 is 3.12 bits per heavy atom. The zero-order chi connectivity index (χ0) is 11.0. The van der Waals surface area contributed by atoms with Crippen LogP contribution in [-0.2, 0) is 14.9 Å². The molecule has 1 saturated carbocycles. The lowest BCUT2D eigenvalue weighted by molar-refractivity contribution is -0.143. The lowest BCUT2D eigenvalue weighted by Gasteiger charge is -2.34. The van der Waals surface area contributed by atoms with E-state index in [0.29, 0.717) is 12.5 Å². The zero-order valence-electron chi connectivity index (χ0n) is 9.19. The molecule has 2 heterocycles. The molecule has 3 rings (SSSR count). The molecule has 0 unspecified atom stereocenters. The van der Waals surface area contributed by atoms with E-state index in [1.807, 2.05) is 18.2 Å². The molecule has 1 aromatic rings. The van der Waals surface area contributed by atoms with Crippen molar-refractivity contribution >= 4 is 5.97 Å². The van der Waals surface area contributed by atoms with Gasteiger partial charge in [-0.25, -0.2) is 0 Å². The van der Waals surface area contributed by atoms with Gasteiger partial charge in [-0.3, -0.25) is 9.78 Å². The first-order valence-electron chi connectivity index (χ1n) is 5.93.